The smallest absolute Gasteiger partial charge is 0.248 e. The number of methoxy groups -OCH3 is 1. The number of nitrogens with zero attached hydrogens (tertiary/aromatic N) is 3. The van der Waals surface area contributed by atoms with Gasteiger partial charge >= 0.3 is 0 Å². The lowest BCUT2D eigenvalue weighted by atomic mass is 10.1. The standard InChI is InChI=1S/C17H31N3O3/c1-5-6-8-15-18-10-12-19(17(22)13-23-4)11-7-9-16(21)20(15)14(2)3/h14H,5-13H2,1-4H3. The minimum Gasteiger partial charge on any atom is -0.375 e. The molecule has 132 valence electrons. The number of carbonyl (C=O) groups excluding carboxylic acids is 2. The monoisotopic (exact) mass is 325 g/mol. The summed E-state index contributed by atoms with van der Waals surface area (Å²) in [6.07, 6.45) is 4.02. The summed E-state index contributed by atoms with van der Waals surface area (Å²) in [6.45, 7) is 7.97. The minimum absolute atomic E-state index is 0.0356. The average molecular weight is 325 g/mol. The van der Waals surface area contributed by atoms with Crippen LogP contribution in [0.15, 0.2) is 4.99 Å². The Morgan fingerprint density at radius 3 is 2.70 bits per heavy atom. The number of hydrogen-bond donors (Lipinski definition) is 0. The van der Waals surface area contributed by atoms with E-state index in [1.54, 1.807) is 4.90 Å². The van der Waals surface area contributed by atoms with Gasteiger partial charge in [-0.2, -0.15) is 0 Å². The van der Waals surface area contributed by atoms with E-state index in [0.717, 1.165) is 25.1 Å². The van der Waals surface area contributed by atoms with Gasteiger partial charge in [-0.05, 0) is 26.7 Å². The first-order valence-electron chi connectivity index (χ1n) is 8.63. The number of rotatable bonds is 6. The van der Waals surface area contributed by atoms with Crippen LogP contribution in [-0.4, -0.2) is 66.8 Å². The fraction of sp³-hybridized carbons (Fsp3) is 0.824. The number of amides is 2. The zero-order valence-corrected chi connectivity index (χ0v) is 15.0. The molecule has 0 saturated heterocycles. The molecule has 0 atom stereocenters. The molecule has 6 nitrogen and oxygen atoms in total. The van der Waals surface area contributed by atoms with E-state index in [-0.39, 0.29) is 24.5 Å². The van der Waals surface area contributed by atoms with Crippen LogP contribution >= 0.6 is 0 Å². The normalized spacial score (nSPS) is 17.4. The van der Waals surface area contributed by atoms with Crippen LogP contribution in [0.2, 0.25) is 0 Å². The Hall–Kier alpha value is -1.43. The van der Waals surface area contributed by atoms with Gasteiger partial charge in [0.2, 0.25) is 11.8 Å². The van der Waals surface area contributed by atoms with Crippen molar-refractivity contribution in [3.05, 3.63) is 0 Å². The lowest BCUT2D eigenvalue weighted by Gasteiger charge is -2.30. The van der Waals surface area contributed by atoms with Gasteiger partial charge in [-0.25, -0.2) is 0 Å². The summed E-state index contributed by atoms with van der Waals surface area (Å²) in [5.74, 6) is 0.940. The van der Waals surface area contributed by atoms with Crippen LogP contribution in [0.5, 0.6) is 0 Å². The molecule has 1 aliphatic heterocycles. The topological polar surface area (TPSA) is 62.2 Å². The second-order valence-corrected chi connectivity index (χ2v) is 6.18. The molecule has 0 aromatic rings. The Balaban J connectivity index is 2.90. The zero-order chi connectivity index (χ0) is 17.2. The largest absolute Gasteiger partial charge is 0.375 e. The molecule has 0 radical (unpaired) electrons. The predicted molar refractivity (Wildman–Crippen MR) is 91.5 cm³/mol. The van der Waals surface area contributed by atoms with Crippen LogP contribution in [0.25, 0.3) is 0 Å². The van der Waals surface area contributed by atoms with Gasteiger partial charge in [0.15, 0.2) is 0 Å². The fourth-order valence-corrected chi connectivity index (χ4v) is 2.76. The Labute approximate surface area is 139 Å². The second kappa shape index (κ2) is 10.4. The number of carbonyl (C=O) groups is 2. The first-order valence-corrected chi connectivity index (χ1v) is 8.63. The van der Waals surface area contributed by atoms with E-state index in [1.807, 2.05) is 18.7 Å². The second-order valence-electron chi connectivity index (χ2n) is 6.18. The number of ether oxygens (including phenoxy) is 1. The minimum atomic E-state index is -0.0356. The van der Waals surface area contributed by atoms with E-state index >= 15 is 0 Å². The van der Waals surface area contributed by atoms with Crippen molar-refractivity contribution in [1.29, 1.82) is 0 Å². The maximum atomic E-state index is 12.6. The SMILES string of the molecule is CCCCC1=NCCN(C(=O)COC)CCCC(=O)N1C(C)C. The highest BCUT2D eigenvalue weighted by molar-refractivity contribution is 5.98. The van der Waals surface area contributed by atoms with Crippen molar-refractivity contribution in [1.82, 2.24) is 9.80 Å². The summed E-state index contributed by atoms with van der Waals surface area (Å²) in [6, 6.07) is 0.115. The Morgan fingerprint density at radius 1 is 1.35 bits per heavy atom. The van der Waals surface area contributed by atoms with Gasteiger partial charge in [-0.3, -0.25) is 19.5 Å². The average Bonchev–Trinajstić information content (AvgIpc) is 2.50. The van der Waals surface area contributed by atoms with Gasteiger partial charge in [-0.1, -0.05) is 13.3 Å². The van der Waals surface area contributed by atoms with E-state index in [2.05, 4.69) is 11.9 Å². The quantitative estimate of drug-likeness (QED) is 0.751. The third-order valence-electron chi connectivity index (χ3n) is 3.92. The molecule has 2 amide bonds. The third kappa shape index (κ3) is 6.29. The van der Waals surface area contributed by atoms with Crippen molar-refractivity contribution in [2.45, 2.75) is 58.9 Å². The van der Waals surface area contributed by atoms with Crippen molar-refractivity contribution in [3.8, 4) is 0 Å². The molecule has 23 heavy (non-hydrogen) atoms. The Bertz CT molecular complexity index is 421. The summed E-state index contributed by atoms with van der Waals surface area (Å²) in [4.78, 5) is 32.8. The highest BCUT2D eigenvalue weighted by Gasteiger charge is 2.23. The van der Waals surface area contributed by atoms with Crippen LogP contribution in [-0.2, 0) is 14.3 Å². The molecular weight excluding hydrogens is 294 g/mol. The highest BCUT2D eigenvalue weighted by Crippen LogP contribution is 2.13. The molecule has 0 aliphatic carbocycles. The van der Waals surface area contributed by atoms with Gasteiger partial charge in [0.25, 0.3) is 0 Å². The van der Waals surface area contributed by atoms with Gasteiger partial charge < -0.3 is 9.64 Å². The highest BCUT2D eigenvalue weighted by atomic mass is 16.5. The first-order chi connectivity index (χ1) is 11.0. The summed E-state index contributed by atoms with van der Waals surface area (Å²) >= 11 is 0. The van der Waals surface area contributed by atoms with E-state index in [9.17, 15) is 9.59 Å². The molecule has 0 saturated carbocycles. The van der Waals surface area contributed by atoms with E-state index < -0.39 is 0 Å². The molecule has 0 spiro atoms. The molecule has 6 heteroatoms. The predicted octanol–water partition coefficient (Wildman–Crippen LogP) is 2.08. The van der Waals surface area contributed by atoms with E-state index in [1.165, 1.54) is 7.11 Å². The number of amidine groups is 1. The molecular formula is C17H31N3O3. The maximum Gasteiger partial charge on any atom is 0.248 e. The molecule has 1 rings (SSSR count). The molecule has 0 aromatic carbocycles. The first kappa shape index (κ1) is 19.6. The van der Waals surface area contributed by atoms with Crippen LogP contribution in [0.1, 0.15) is 52.9 Å². The summed E-state index contributed by atoms with van der Waals surface area (Å²) in [5, 5.41) is 0. The van der Waals surface area contributed by atoms with Gasteiger partial charge in [-0.15, -0.1) is 0 Å². The van der Waals surface area contributed by atoms with Crippen LogP contribution in [0.3, 0.4) is 0 Å². The van der Waals surface area contributed by atoms with Crippen molar-refractivity contribution in [2.24, 2.45) is 4.99 Å². The molecule has 1 heterocycles. The molecule has 0 fully saturated rings. The molecule has 1 aliphatic rings. The molecule has 0 unspecified atom stereocenters. The van der Waals surface area contributed by atoms with Crippen LogP contribution < -0.4 is 0 Å². The van der Waals surface area contributed by atoms with Gasteiger partial charge in [0.1, 0.15) is 12.4 Å². The Morgan fingerprint density at radius 2 is 2.09 bits per heavy atom. The Kier molecular flexibility index (Phi) is 8.84. The van der Waals surface area contributed by atoms with Gasteiger partial charge in [0.05, 0.1) is 6.54 Å². The van der Waals surface area contributed by atoms with Crippen molar-refractivity contribution < 1.29 is 14.3 Å². The van der Waals surface area contributed by atoms with Crippen LogP contribution in [0, 0.1) is 0 Å². The molecule has 0 N–H and O–H groups in total. The lowest BCUT2D eigenvalue weighted by molar-refractivity contribution is -0.136. The zero-order valence-electron chi connectivity index (χ0n) is 15.0. The van der Waals surface area contributed by atoms with Crippen molar-refractivity contribution >= 4 is 17.6 Å². The van der Waals surface area contributed by atoms with E-state index in [4.69, 9.17) is 4.74 Å². The number of aliphatic imine (C=N–C) groups is 1. The number of unbranched alkanes of at least 4 members (excludes halogenated alkanes) is 1. The summed E-state index contributed by atoms with van der Waals surface area (Å²) in [5.41, 5.74) is 0. The van der Waals surface area contributed by atoms with E-state index in [0.29, 0.717) is 32.5 Å². The molecule has 0 aromatic heterocycles. The van der Waals surface area contributed by atoms with Crippen molar-refractivity contribution in [3.63, 3.8) is 0 Å². The van der Waals surface area contributed by atoms with Gasteiger partial charge in [0, 0.05) is 39.1 Å². The third-order valence-corrected chi connectivity index (χ3v) is 3.92. The maximum absolute atomic E-state index is 12.6. The summed E-state index contributed by atoms with van der Waals surface area (Å²) in [7, 11) is 1.52. The van der Waals surface area contributed by atoms with Crippen molar-refractivity contribution in [2.75, 3.05) is 33.4 Å². The van der Waals surface area contributed by atoms with Crippen LogP contribution in [0.4, 0.5) is 0 Å². The lowest BCUT2D eigenvalue weighted by Crippen LogP contribution is -2.44. The summed E-state index contributed by atoms with van der Waals surface area (Å²) < 4.78 is 4.93. The fourth-order valence-electron chi connectivity index (χ4n) is 2.76. The molecule has 0 bridgehead atoms. The number of hydrogen-bond acceptors (Lipinski definition) is 4.